The standard InChI is InChI=1S/C22H26N2O5/c1-27-20-14-24(18-10-6-9-17(13-18)21(25)28-2)12-11-19(20)23-22(26)29-15-16-7-4-3-5-8-16/h3-10,13,19-20H,11-12,14-15H2,1-2H3,(H,23,26)/t19-,20+/m1/s1. The third-order valence-corrected chi connectivity index (χ3v) is 5.01. The number of ether oxygens (including phenoxy) is 3. The summed E-state index contributed by atoms with van der Waals surface area (Å²) in [6.45, 7) is 1.53. The highest BCUT2D eigenvalue weighted by molar-refractivity contribution is 5.90. The molecular weight excluding hydrogens is 372 g/mol. The van der Waals surface area contributed by atoms with Crippen LogP contribution in [0.2, 0.25) is 0 Å². The molecule has 0 saturated carbocycles. The summed E-state index contributed by atoms with van der Waals surface area (Å²) < 4.78 is 15.7. The summed E-state index contributed by atoms with van der Waals surface area (Å²) in [5.74, 6) is -0.368. The topological polar surface area (TPSA) is 77.1 Å². The van der Waals surface area contributed by atoms with Crippen molar-refractivity contribution in [2.75, 3.05) is 32.2 Å². The van der Waals surface area contributed by atoms with Crippen LogP contribution in [0.25, 0.3) is 0 Å². The van der Waals surface area contributed by atoms with Gasteiger partial charge in [-0.25, -0.2) is 9.59 Å². The molecule has 1 amide bonds. The molecule has 1 aliphatic heterocycles. The minimum absolute atomic E-state index is 0.150. The fourth-order valence-corrected chi connectivity index (χ4v) is 3.42. The van der Waals surface area contributed by atoms with Crippen LogP contribution in [-0.2, 0) is 20.8 Å². The zero-order valence-electron chi connectivity index (χ0n) is 16.7. The second-order valence-corrected chi connectivity index (χ2v) is 6.86. The maximum absolute atomic E-state index is 12.2. The first-order valence-electron chi connectivity index (χ1n) is 9.54. The minimum Gasteiger partial charge on any atom is -0.465 e. The van der Waals surface area contributed by atoms with Crippen molar-refractivity contribution in [3.63, 3.8) is 0 Å². The predicted octanol–water partition coefficient (Wildman–Crippen LogP) is 2.99. The molecule has 154 valence electrons. The van der Waals surface area contributed by atoms with Gasteiger partial charge in [0.2, 0.25) is 0 Å². The molecule has 0 unspecified atom stereocenters. The van der Waals surface area contributed by atoms with Crippen LogP contribution >= 0.6 is 0 Å². The van der Waals surface area contributed by atoms with Gasteiger partial charge in [-0.3, -0.25) is 0 Å². The third-order valence-electron chi connectivity index (χ3n) is 5.01. The van der Waals surface area contributed by atoms with Gasteiger partial charge in [0, 0.05) is 25.9 Å². The van der Waals surface area contributed by atoms with Crippen molar-refractivity contribution >= 4 is 17.7 Å². The van der Waals surface area contributed by atoms with Crippen molar-refractivity contribution in [3.05, 3.63) is 65.7 Å². The van der Waals surface area contributed by atoms with Gasteiger partial charge < -0.3 is 24.4 Å². The molecule has 2 atom stereocenters. The predicted molar refractivity (Wildman–Crippen MR) is 109 cm³/mol. The summed E-state index contributed by atoms with van der Waals surface area (Å²) in [6, 6.07) is 16.7. The molecule has 1 heterocycles. The van der Waals surface area contributed by atoms with Crippen molar-refractivity contribution in [2.24, 2.45) is 0 Å². The molecule has 7 heteroatoms. The maximum Gasteiger partial charge on any atom is 0.407 e. The van der Waals surface area contributed by atoms with Crippen LogP contribution in [0.3, 0.4) is 0 Å². The fourth-order valence-electron chi connectivity index (χ4n) is 3.42. The number of rotatable bonds is 6. The number of methoxy groups -OCH3 is 2. The molecule has 0 bridgehead atoms. The van der Waals surface area contributed by atoms with Crippen molar-refractivity contribution in [1.29, 1.82) is 0 Å². The summed E-state index contributed by atoms with van der Waals surface area (Å²) in [4.78, 5) is 26.1. The molecular formula is C22H26N2O5. The number of carbonyl (C=O) groups excluding carboxylic acids is 2. The summed E-state index contributed by atoms with van der Waals surface area (Å²) in [6.07, 6.45) is 0.0401. The first-order chi connectivity index (χ1) is 14.1. The molecule has 1 fully saturated rings. The van der Waals surface area contributed by atoms with Gasteiger partial charge in [0.25, 0.3) is 0 Å². The monoisotopic (exact) mass is 398 g/mol. The Balaban J connectivity index is 1.56. The van der Waals surface area contributed by atoms with E-state index in [4.69, 9.17) is 14.2 Å². The zero-order valence-corrected chi connectivity index (χ0v) is 16.7. The lowest BCUT2D eigenvalue weighted by Crippen LogP contribution is -2.55. The smallest absolute Gasteiger partial charge is 0.407 e. The molecule has 0 aromatic heterocycles. The number of anilines is 1. The largest absolute Gasteiger partial charge is 0.465 e. The lowest BCUT2D eigenvalue weighted by atomic mass is 10.0. The van der Waals surface area contributed by atoms with Crippen molar-refractivity contribution in [3.8, 4) is 0 Å². The summed E-state index contributed by atoms with van der Waals surface area (Å²) in [5, 5.41) is 2.91. The lowest BCUT2D eigenvalue weighted by molar-refractivity contribution is 0.0545. The molecule has 29 heavy (non-hydrogen) atoms. The van der Waals surface area contributed by atoms with E-state index in [2.05, 4.69) is 10.2 Å². The van der Waals surface area contributed by atoms with Gasteiger partial charge in [-0.2, -0.15) is 0 Å². The number of benzene rings is 2. The Labute approximate surface area is 170 Å². The Morgan fingerprint density at radius 2 is 1.90 bits per heavy atom. The number of nitrogens with zero attached hydrogens (tertiary/aromatic N) is 1. The van der Waals surface area contributed by atoms with E-state index in [1.807, 2.05) is 42.5 Å². The van der Waals surface area contributed by atoms with Crippen molar-refractivity contribution in [1.82, 2.24) is 5.32 Å². The van der Waals surface area contributed by atoms with Crippen LogP contribution in [0.5, 0.6) is 0 Å². The highest BCUT2D eigenvalue weighted by Gasteiger charge is 2.31. The van der Waals surface area contributed by atoms with Crippen LogP contribution in [0, 0.1) is 0 Å². The Hall–Kier alpha value is -3.06. The van der Waals surface area contributed by atoms with Gasteiger partial charge in [-0.05, 0) is 30.2 Å². The SMILES string of the molecule is COC(=O)c1cccc(N2CC[C@@H](NC(=O)OCc3ccccc3)[C@@H](OC)C2)c1. The molecule has 2 aromatic carbocycles. The highest BCUT2D eigenvalue weighted by Crippen LogP contribution is 2.23. The average Bonchev–Trinajstić information content (AvgIpc) is 2.78. The first-order valence-corrected chi connectivity index (χ1v) is 9.54. The Morgan fingerprint density at radius 3 is 2.62 bits per heavy atom. The van der Waals surface area contributed by atoms with Crippen LogP contribution in [0.1, 0.15) is 22.3 Å². The summed E-state index contributed by atoms with van der Waals surface area (Å²) in [5.41, 5.74) is 2.36. The highest BCUT2D eigenvalue weighted by atomic mass is 16.5. The lowest BCUT2D eigenvalue weighted by Gasteiger charge is -2.39. The quantitative estimate of drug-likeness (QED) is 0.754. The minimum atomic E-state index is -0.456. The average molecular weight is 398 g/mol. The number of esters is 1. The summed E-state index contributed by atoms with van der Waals surface area (Å²) >= 11 is 0. The van der Waals surface area contributed by atoms with Crippen molar-refractivity contribution in [2.45, 2.75) is 25.2 Å². The third kappa shape index (κ3) is 5.48. The zero-order chi connectivity index (χ0) is 20.6. The molecule has 7 nitrogen and oxygen atoms in total. The van der Waals surface area contributed by atoms with Crippen LogP contribution in [0.4, 0.5) is 10.5 Å². The molecule has 2 aromatic rings. The fraction of sp³-hybridized carbons (Fsp3) is 0.364. The number of hydrogen-bond donors (Lipinski definition) is 1. The molecule has 3 rings (SSSR count). The first kappa shape index (κ1) is 20.7. The molecule has 0 spiro atoms. The van der Waals surface area contributed by atoms with Crippen molar-refractivity contribution < 1.29 is 23.8 Å². The number of nitrogens with one attached hydrogen (secondary N) is 1. The van der Waals surface area contributed by atoms with E-state index in [1.54, 1.807) is 19.2 Å². The number of piperidine rings is 1. The molecule has 1 aliphatic rings. The van der Waals surface area contributed by atoms with E-state index in [1.165, 1.54) is 7.11 Å². The van der Waals surface area contributed by atoms with E-state index >= 15 is 0 Å². The molecule has 1 saturated heterocycles. The number of carbonyl (C=O) groups is 2. The molecule has 0 radical (unpaired) electrons. The molecule has 0 aliphatic carbocycles. The number of hydrogen-bond acceptors (Lipinski definition) is 6. The second kappa shape index (κ2) is 9.93. The van der Waals surface area contributed by atoms with Gasteiger partial charge in [0.05, 0.1) is 24.8 Å². The van der Waals surface area contributed by atoms with Gasteiger partial charge in [0.15, 0.2) is 0 Å². The molecule has 1 N–H and O–H groups in total. The van der Waals surface area contributed by atoms with E-state index < -0.39 is 6.09 Å². The Morgan fingerprint density at radius 1 is 1.10 bits per heavy atom. The maximum atomic E-state index is 12.2. The van der Waals surface area contributed by atoms with E-state index in [-0.39, 0.29) is 24.7 Å². The second-order valence-electron chi connectivity index (χ2n) is 6.86. The number of alkyl carbamates (subject to hydrolysis) is 1. The van der Waals surface area contributed by atoms with Gasteiger partial charge in [0.1, 0.15) is 6.61 Å². The van der Waals surface area contributed by atoms with Gasteiger partial charge in [-0.15, -0.1) is 0 Å². The normalized spacial score (nSPS) is 18.8. The van der Waals surface area contributed by atoms with Crippen LogP contribution < -0.4 is 10.2 Å². The van der Waals surface area contributed by atoms with Crippen LogP contribution in [-0.4, -0.2) is 51.5 Å². The van der Waals surface area contributed by atoms with E-state index in [0.717, 1.165) is 11.3 Å². The Bertz CT molecular complexity index is 827. The van der Waals surface area contributed by atoms with Gasteiger partial charge >= 0.3 is 12.1 Å². The van der Waals surface area contributed by atoms with E-state index in [0.29, 0.717) is 25.1 Å². The Kier molecular flexibility index (Phi) is 7.08. The van der Waals surface area contributed by atoms with Gasteiger partial charge in [-0.1, -0.05) is 36.4 Å². The summed E-state index contributed by atoms with van der Waals surface area (Å²) in [7, 11) is 2.99. The van der Waals surface area contributed by atoms with Crippen LogP contribution in [0.15, 0.2) is 54.6 Å². The number of amides is 1. The van der Waals surface area contributed by atoms with E-state index in [9.17, 15) is 9.59 Å².